The van der Waals surface area contributed by atoms with E-state index in [0.717, 1.165) is 0 Å². The Kier molecular flexibility index (Phi) is 3.46. The van der Waals surface area contributed by atoms with Crippen LogP contribution in [-0.2, 0) is 7.05 Å². The molecule has 7 nitrogen and oxygen atoms in total. The molecule has 0 saturated heterocycles. The fraction of sp³-hybridized carbons (Fsp3) is 0.0833. The number of hydrogen-bond donors (Lipinski definition) is 3. The van der Waals surface area contributed by atoms with Gasteiger partial charge in [0.25, 0.3) is 0 Å². The smallest absolute Gasteiger partial charge is 0.335 e. The van der Waals surface area contributed by atoms with Crippen molar-refractivity contribution in [2.75, 3.05) is 10.6 Å². The average Bonchev–Trinajstić information content (AvgIpc) is 2.75. The summed E-state index contributed by atoms with van der Waals surface area (Å²) in [6.07, 6.45) is 1.71. The normalized spacial score (nSPS) is 9.95. The van der Waals surface area contributed by atoms with Crippen molar-refractivity contribution in [3.05, 3.63) is 42.1 Å². The molecule has 2 rings (SSSR count). The van der Waals surface area contributed by atoms with E-state index in [1.807, 2.05) is 0 Å². The number of rotatable bonds is 3. The van der Waals surface area contributed by atoms with Gasteiger partial charge in [0.15, 0.2) is 5.82 Å². The number of nitrogens with one attached hydrogen (secondary N) is 2. The van der Waals surface area contributed by atoms with E-state index in [-0.39, 0.29) is 5.56 Å². The number of carbonyl (C=O) groups is 2. The number of urea groups is 1. The minimum absolute atomic E-state index is 0.163. The van der Waals surface area contributed by atoms with Crippen molar-refractivity contribution in [1.82, 2.24) is 9.78 Å². The van der Waals surface area contributed by atoms with E-state index in [1.165, 1.54) is 24.3 Å². The van der Waals surface area contributed by atoms with Gasteiger partial charge in [-0.3, -0.25) is 10.00 Å². The lowest BCUT2D eigenvalue weighted by atomic mass is 10.2. The van der Waals surface area contributed by atoms with Crippen molar-refractivity contribution in [2.45, 2.75) is 0 Å². The summed E-state index contributed by atoms with van der Waals surface area (Å²) < 4.78 is 1.57. The molecule has 2 amide bonds. The van der Waals surface area contributed by atoms with Gasteiger partial charge in [0.1, 0.15) is 0 Å². The van der Waals surface area contributed by atoms with Crippen LogP contribution >= 0.6 is 0 Å². The minimum atomic E-state index is -1.01. The molecule has 1 heterocycles. The molecule has 0 atom stereocenters. The molecular formula is C12H12N4O3. The molecule has 0 unspecified atom stereocenters. The maximum Gasteiger partial charge on any atom is 0.335 e. The summed E-state index contributed by atoms with van der Waals surface area (Å²) in [6.45, 7) is 0. The summed E-state index contributed by atoms with van der Waals surface area (Å²) >= 11 is 0. The maximum absolute atomic E-state index is 11.6. The summed E-state index contributed by atoms with van der Waals surface area (Å²) in [4.78, 5) is 22.3. The largest absolute Gasteiger partial charge is 0.478 e. The first-order chi connectivity index (χ1) is 9.04. The first kappa shape index (κ1) is 12.6. The van der Waals surface area contributed by atoms with E-state index in [1.54, 1.807) is 24.0 Å². The Morgan fingerprint density at radius 1 is 1.16 bits per heavy atom. The van der Waals surface area contributed by atoms with Gasteiger partial charge in [0.05, 0.1) is 5.56 Å². The molecule has 2 aromatic rings. The number of carbonyl (C=O) groups excluding carboxylic acids is 1. The first-order valence-corrected chi connectivity index (χ1v) is 5.45. The second-order valence-corrected chi connectivity index (χ2v) is 3.84. The fourth-order valence-corrected chi connectivity index (χ4v) is 1.46. The van der Waals surface area contributed by atoms with Gasteiger partial charge in [0, 0.05) is 25.0 Å². The van der Waals surface area contributed by atoms with E-state index >= 15 is 0 Å². The lowest BCUT2D eigenvalue weighted by Crippen LogP contribution is -2.19. The number of aromatic carboxylic acids is 1. The number of aryl methyl sites for hydroxylation is 1. The molecule has 0 aliphatic carbocycles. The quantitative estimate of drug-likeness (QED) is 0.783. The van der Waals surface area contributed by atoms with Crippen LogP contribution < -0.4 is 10.6 Å². The third kappa shape index (κ3) is 3.32. The Bertz CT molecular complexity index is 604. The lowest BCUT2D eigenvalue weighted by molar-refractivity contribution is 0.0697. The van der Waals surface area contributed by atoms with Crippen LogP contribution in [0.5, 0.6) is 0 Å². The van der Waals surface area contributed by atoms with Gasteiger partial charge >= 0.3 is 12.0 Å². The van der Waals surface area contributed by atoms with Crippen molar-refractivity contribution in [3.8, 4) is 0 Å². The zero-order valence-electron chi connectivity index (χ0n) is 10.1. The molecule has 19 heavy (non-hydrogen) atoms. The minimum Gasteiger partial charge on any atom is -0.478 e. The second kappa shape index (κ2) is 5.21. The van der Waals surface area contributed by atoms with Crippen molar-refractivity contribution in [2.24, 2.45) is 7.05 Å². The van der Waals surface area contributed by atoms with Crippen molar-refractivity contribution < 1.29 is 14.7 Å². The molecule has 0 fully saturated rings. The highest BCUT2D eigenvalue weighted by atomic mass is 16.4. The standard InChI is InChI=1S/C12H12N4O3/c1-16-7-6-10(15-16)14-12(19)13-9-4-2-8(3-5-9)11(17)18/h2-7H,1H3,(H,17,18)(H2,13,14,15,19). The lowest BCUT2D eigenvalue weighted by Gasteiger charge is -2.05. The summed E-state index contributed by atoms with van der Waals surface area (Å²) in [5.41, 5.74) is 0.661. The van der Waals surface area contributed by atoms with Crippen molar-refractivity contribution in [1.29, 1.82) is 0 Å². The SMILES string of the molecule is Cn1ccc(NC(=O)Nc2ccc(C(=O)O)cc2)n1. The van der Waals surface area contributed by atoms with Crippen LogP contribution in [0.2, 0.25) is 0 Å². The number of anilines is 2. The zero-order valence-corrected chi connectivity index (χ0v) is 10.1. The van der Waals surface area contributed by atoms with Crippen LogP contribution in [0.4, 0.5) is 16.3 Å². The summed E-state index contributed by atoms with van der Waals surface area (Å²) in [5, 5.41) is 17.9. The van der Waals surface area contributed by atoms with Crippen LogP contribution in [0.15, 0.2) is 36.5 Å². The van der Waals surface area contributed by atoms with Crippen molar-refractivity contribution in [3.63, 3.8) is 0 Å². The molecule has 0 bridgehead atoms. The third-order valence-corrected chi connectivity index (χ3v) is 2.34. The molecule has 98 valence electrons. The monoisotopic (exact) mass is 260 g/mol. The Hall–Kier alpha value is -2.83. The molecule has 1 aromatic carbocycles. The predicted octanol–water partition coefficient (Wildman–Crippen LogP) is 1.76. The van der Waals surface area contributed by atoms with Gasteiger partial charge in [-0.05, 0) is 24.3 Å². The third-order valence-electron chi connectivity index (χ3n) is 2.34. The number of carboxylic acid groups (broad SMARTS) is 1. The van der Waals surface area contributed by atoms with Crippen LogP contribution in [0.3, 0.4) is 0 Å². The highest BCUT2D eigenvalue weighted by Gasteiger charge is 2.06. The van der Waals surface area contributed by atoms with Crippen LogP contribution in [0, 0.1) is 0 Å². The van der Waals surface area contributed by atoms with Gasteiger partial charge in [0.2, 0.25) is 0 Å². The highest BCUT2D eigenvalue weighted by molar-refractivity contribution is 5.99. The van der Waals surface area contributed by atoms with E-state index in [2.05, 4.69) is 15.7 Å². The number of carboxylic acids is 1. The van der Waals surface area contributed by atoms with Gasteiger partial charge in [-0.25, -0.2) is 9.59 Å². The van der Waals surface area contributed by atoms with E-state index < -0.39 is 12.0 Å². The molecule has 7 heteroatoms. The Morgan fingerprint density at radius 3 is 2.37 bits per heavy atom. The molecule has 3 N–H and O–H groups in total. The second-order valence-electron chi connectivity index (χ2n) is 3.84. The summed E-state index contributed by atoms with van der Waals surface area (Å²) in [5.74, 6) is -0.577. The summed E-state index contributed by atoms with van der Waals surface area (Å²) in [6, 6.07) is 7.08. The first-order valence-electron chi connectivity index (χ1n) is 5.45. The van der Waals surface area contributed by atoms with Crippen molar-refractivity contribution >= 4 is 23.5 Å². The molecule has 0 radical (unpaired) electrons. The predicted molar refractivity (Wildman–Crippen MR) is 69.3 cm³/mol. The molecule has 0 saturated carbocycles. The Labute approximate surface area is 108 Å². The van der Waals surface area contributed by atoms with E-state index in [0.29, 0.717) is 11.5 Å². The average molecular weight is 260 g/mol. The Morgan fingerprint density at radius 2 is 1.84 bits per heavy atom. The van der Waals surface area contributed by atoms with Gasteiger partial charge in [-0.1, -0.05) is 0 Å². The molecule has 0 spiro atoms. The van der Waals surface area contributed by atoms with E-state index in [4.69, 9.17) is 5.11 Å². The number of hydrogen-bond acceptors (Lipinski definition) is 3. The van der Waals surface area contributed by atoms with Gasteiger partial charge in [-0.15, -0.1) is 0 Å². The maximum atomic E-state index is 11.6. The summed E-state index contributed by atoms with van der Waals surface area (Å²) in [7, 11) is 1.74. The zero-order chi connectivity index (χ0) is 13.8. The highest BCUT2D eigenvalue weighted by Crippen LogP contribution is 2.10. The number of nitrogens with zero attached hydrogens (tertiary/aromatic N) is 2. The number of aromatic nitrogens is 2. The number of benzene rings is 1. The van der Waals surface area contributed by atoms with Crippen LogP contribution in [0.1, 0.15) is 10.4 Å². The molecular weight excluding hydrogens is 248 g/mol. The topological polar surface area (TPSA) is 96.2 Å². The molecule has 1 aromatic heterocycles. The molecule has 0 aliphatic heterocycles. The fourth-order valence-electron chi connectivity index (χ4n) is 1.46. The van der Waals surface area contributed by atoms with Crippen LogP contribution in [0.25, 0.3) is 0 Å². The number of amides is 2. The van der Waals surface area contributed by atoms with E-state index in [9.17, 15) is 9.59 Å². The van der Waals surface area contributed by atoms with Crippen LogP contribution in [-0.4, -0.2) is 26.9 Å². The molecule has 0 aliphatic rings. The Balaban J connectivity index is 1.97. The van der Waals surface area contributed by atoms with Gasteiger partial charge < -0.3 is 10.4 Å². The van der Waals surface area contributed by atoms with Gasteiger partial charge in [-0.2, -0.15) is 5.10 Å².